The summed E-state index contributed by atoms with van der Waals surface area (Å²) >= 11 is 1.37. The van der Waals surface area contributed by atoms with Gasteiger partial charge in [0.2, 0.25) is 0 Å². The zero-order chi connectivity index (χ0) is 10.7. The molecule has 0 aliphatic rings. The summed E-state index contributed by atoms with van der Waals surface area (Å²) in [6, 6.07) is 11.0. The molecule has 0 spiro atoms. The molecule has 0 bridgehead atoms. The molecule has 0 fully saturated rings. The van der Waals surface area contributed by atoms with Crippen molar-refractivity contribution in [2.45, 2.75) is 9.99 Å². The number of carboxylic acid groups (broad SMARTS) is 1. The van der Waals surface area contributed by atoms with Gasteiger partial charge in [0.15, 0.2) is 5.09 Å². The van der Waals surface area contributed by atoms with E-state index in [1.54, 1.807) is 0 Å². The van der Waals surface area contributed by atoms with Gasteiger partial charge in [-0.1, -0.05) is 30.0 Å². The van der Waals surface area contributed by atoms with Crippen molar-refractivity contribution in [3.63, 3.8) is 0 Å². The number of carbonyl (C=O) groups excluding carboxylic acids is 1. The van der Waals surface area contributed by atoms with Crippen LogP contribution in [0, 0.1) is 0 Å². The predicted octanol–water partition coefficient (Wildman–Crippen LogP) is -1.20. The van der Waals surface area contributed by atoms with Crippen LogP contribution < -0.4 is 34.7 Å². The van der Waals surface area contributed by atoms with Gasteiger partial charge in [0, 0.05) is 16.5 Å². The summed E-state index contributed by atoms with van der Waals surface area (Å²) in [5, 5.41) is 11.0. The molecule has 1 heterocycles. The predicted molar refractivity (Wildman–Crippen MR) is 53.6 cm³/mol. The maximum absolute atomic E-state index is 10.5. The van der Waals surface area contributed by atoms with Crippen LogP contribution in [0.3, 0.4) is 0 Å². The molecule has 0 atom stereocenters. The monoisotopic (exact) mass is 242 g/mol. The average Bonchev–Trinajstić information content (AvgIpc) is 2.68. The SMILES string of the molecule is O=C([O-])c1coc(Sc2ccccc2)c1.[Na+]. The van der Waals surface area contributed by atoms with Crippen LogP contribution in [0.5, 0.6) is 0 Å². The molecular formula is C11H7NaO3S. The molecule has 16 heavy (non-hydrogen) atoms. The molecule has 2 rings (SSSR count). The van der Waals surface area contributed by atoms with E-state index in [1.807, 2.05) is 30.3 Å². The van der Waals surface area contributed by atoms with Crippen molar-refractivity contribution in [2.75, 3.05) is 0 Å². The molecule has 0 saturated carbocycles. The van der Waals surface area contributed by atoms with Gasteiger partial charge in [0.05, 0.1) is 5.97 Å². The number of carbonyl (C=O) groups is 1. The van der Waals surface area contributed by atoms with Crippen molar-refractivity contribution >= 4 is 17.7 Å². The van der Waals surface area contributed by atoms with Gasteiger partial charge in [-0.25, -0.2) is 0 Å². The second kappa shape index (κ2) is 6.15. The quantitative estimate of drug-likeness (QED) is 0.634. The average molecular weight is 242 g/mol. The van der Waals surface area contributed by atoms with Gasteiger partial charge in [-0.05, 0) is 12.1 Å². The first kappa shape index (κ1) is 13.4. The van der Waals surface area contributed by atoms with Crippen molar-refractivity contribution in [1.29, 1.82) is 0 Å². The molecule has 0 aliphatic heterocycles. The zero-order valence-electron chi connectivity index (χ0n) is 8.67. The van der Waals surface area contributed by atoms with E-state index in [0.29, 0.717) is 5.09 Å². The van der Waals surface area contributed by atoms with Crippen LogP contribution in [0.4, 0.5) is 0 Å². The fourth-order valence-corrected chi connectivity index (χ4v) is 1.89. The summed E-state index contributed by atoms with van der Waals surface area (Å²) in [6.45, 7) is 0. The smallest absolute Gasteiger partial charge is 0.545 e. The van der Waals surface area contributed by atoms with Gasteiger partial charge in [0.25, 0.3) is 0 Å². The van der Waals surface area contributed by atoms with Gasteiger partial charge in [-0.3, -0.25) is 0 Å². The number of furan rings is 1. The third kappa shape index (κ3) is 3.42. The van der Waals surface area contributed by atoms with E-state index in [4.69, 9.17) is 4.42 Å². The third-order valence-electron chi connectivity index (χ3n) is 1.77. The normalized spacial score (nSPS) is 9.50. The standard InChI is InChI=1S/C11H8O3S.Na/c12-11(13)8-6-10(14-7-8)15-9-4-2-1-3-5-9;/h1-7H,(H,12,13);/q;+1/p-1. The first-order valence-corrected chi connectivity index (χ1v) is 5.10. The van der Waals surface area contributed by atoms with Crippen LogP contribution in [0.1, 0.15) is 10.4 Å². The number of carboxylic acids is 1. The minimum Gasteiger partial charge on any atom is -0.545 e. The maximum atomic E-state index is 10.5. The van der Waals surface area contributed by atoms with Crippen molar-refractivity contribution in [3.05, 3.63) is 48.2 Å². The molecule has 0 aliphatic carbocycles. The Bertz CT molecular complexity index is 467. The first-order chi connectivity index (χ1) is 7.25. The van der Waals surface area contributed by atoms with E-state index in [-0.39, 0.29) is 35.1 Å². The summed E-state index contributed by atoms with van der Waals surface area (Å²) < 4.78 is 5.07. The van der Waals surface area contributed by atoms with Crippen LogP contribution in [0.25, 0.3) is 0 Å². The number of hydrogen-bond donors (Lipinski definition) is 0. The van der Waals surface area contributed by atoms with Crippen molar-refractivity contribution in [1.82, 2.24) is 0 Å². The van der Waals surface area contributed by atoms with E-state index >= 15 is 0 Å². The number of benzene rings is 1. The summed E-state index contributed by atoms with van der Waals surface area (Å²) in [5.41, 5.74) is 0.0634. The zero-order valence-corrected chi connectivity index (χ0v) is 11.5. The Labute approximate surface area is 119 Å². The Hall–Kier alpha value is -0.680. The van der Waals surface area contributed by atoms with E-state index in [2.05, 4.69) is 0 Å². The largest absolute Gasteiger partial charge is 1.00 e. The Balaban J connectivity index is 0.00000128. The Morgan fingerprint density at radius 1 is 1.25 bits per heavy atom. The van der Waals surface area contributed by atoms with Gasteiger partial charge in [-0.15, -0.1) is 0 Å². The van der Waals surface area contributed by atoms with Crippen LogP contribution in [-0.4, -0.2) is 5.97 Å². The first-order valence-electron chi connectivity index (χ1n) is 4.28. The van der Waals surface area contributed by atoms with Gasteiger partial charge < -0.3 is 14.3 Å². The number of aromatic carboxylic acids is 1. The van der Waals surface area contributed by atoms with Gasteiger partial charge in [-0.2, -0.15) is 0 Å². The molecule has 1 aromatic heterocycles. The fourth-order valence-electron chi connectivity index (χ4n) is 1.08. The molecule has 0 saturated heterocycles. The Morgan fingerprint density at radius 3 is 2.50 bits per heavy atom. The maximum Gasteiger partial charge on any atom is 1.00 e. The van der Waals surface area contributed by atoms with E-state index < -0.39 is 5.97 Å². The Morgan fingerprint density at radius 2 is 1.94 bits per heavy atom. The third-order valence-corrected chi connectivity index (χ3v) is 2.70. The summed E-state index contributed by atoms with van der Waals surface area (Å²) in [6.07, 6.45) is 1.18. The molecule has 0 unspecified atom stereocenters. The fraction of sp³-hybridized carbons (Fsp3) is 0. The van der Waals surface area contributed by atoms with Crippen LogP contribution in [0.15, 0.2) is 57.1 Å². The Kier molecular flexibility index (Phi) is 5.15. The van der Waals surface area contributed by atoms with E-state index in [0.717, 1.165) is 4.90 Å². The van der Waals surface area contributed by atoms with Crippen LogP contribution in [0.2, 0.25) is 0 Å². The minimum absolute atomic E-state index is 0. The topological polar surface area (TPSA) is 53.3 Å². The molecule has 1 aromatic carbocycles. The number of rotatable bonds is 3. The number of hydrogen-bond acceptors (Lipinski definition) is 4. The molecule has 0 amide bonds. The van der Waals surface area contributed by atoms with Crippen molar-refractivity contribution in [2.24, 2.45) is 0 Å². The summed E-state index contributed by atoms with van der Waals surface area (Å²) in [7, 11) is 0. The molecule has 3 nitrogen and oxygen atoms in total. The molecule has 76 valence electrons. The molecule has 2 aromatic rings. The second-order valence-electron chi connectivity index (χ2n) is 2.86. The van der Waals surface area contributed by atoms with Crippen molar-refractivity contribution in [3.8, 4) is 0 Å². The van der Waals surface area contributed by atoms with Crippen LogP contribution in [-0.2, 0) is 0 Å². The summed E-state index contributed by atoms with van der Waals surface area (Å²) in [5.74, 6) is -1.22. The van der Waals surface area contributed by atoms with Gasteiger partial charge >= 0.3 is 29.6 Å². The second-order valence-corrected chi connectivity index (χ2v) is 3.93. The van der Waals surface area contributed by atoms with Crippen molar-refractivity contribution < 1.29 is 43.9 Å². The van der Waals surface area contributed by atoms with E-state index in [9.17, 15) is 9.90 Å². The molecule has 0 radical (unpaired) electrons. The van der Waals surface area contributed by atoms with Gasteiger partial charge in [0.1, 0.15) is 6.26 Å². The molecule has 0 N–H and O–H groups in total. The van der Waals surface area contributed by atoms with E-state index in [1.165, 1.54) is 24.1 Å². The minimum atomic E-state index is -1.22. The molecule has 5 heteroatoms. The molecular weight excluding hydrogens is 235 g/mol. The summed E-state index contributed by atoms with van der Waals surface area (Å²) in [4.78, 5) is 11.5. The van der Waals surface area contributed by atoms with Crippen LogP contribution >= 0.6 is 11.8 Å².